The lowest BCUT2D eigenvalue weighted by Crippen LogP contribution is -2.27. The Morgan fingerprint density at radius 2 is 1.95 bits per heavy atom. The van der Waals surface area contributed by atoms with Gasteiger partial charge in [0, 0.05) is 25.7 Å². The van der Waals surface area contributed by atoms with Crippen LogP contribution in [-0.2, 0) is 23.1 Å². The van der Waals surface area contributed by atoms with E-state index in [2.05, 4.69) is 0 Å². The highest BCUT2D eigenvalue weighted by Gasteiger charge is 2.24. The second kappa shape index (κ2) is 6.01. The monoisotopic (exact) mass is 308 g/mol. The van der Waals surface area contributed by atoms with E-state index in [9.17, 15) is 8.42 Å². The summed E-state index contributed by atoms with van der Waals surface area (Å²) in [5.41, 5.74) is 8.95. The lowest BCUT2D eigenvalue weighted by atomic mass is 10.1. The Labute approximate surface area is 125 Å². The molecule has 0 unspecified atom stereocenters. The molecule has 0 amide bonds. The molecule has 114 valence electrons. The van der Waals surface area contributed by atoms with E-state index in [4.69, 9.17) is 10.2 Å². The van der Waals surface area contributed by atoms with Crippen molar-refractivity contribution in [2.24, 2.45) is 5.73 Å². The Balaban J connectivity index is 2.41. The van der Waals surface area contributed by atoms with Gasteiger partial charge < -0.3 is 10.2 Å². The van der Waals surface area contributed by atoms with E-state index in [1.54, 1.807) is 25.4 Å². The Hall–Kier alpha value is -1.63. The van der Waals surface area contributed by atoms with Crippen molar-refractivity contribution in [3.05, 3.63) is 53.0 Å². The number of nitrogens with two attached hydrogens (primary N) is 1. The molecule has 0 spiro atoms. The van der Waals surface area contributed by atoms with Crippen LogP contribution in [0, 0.1) is 13.8 Å². The SMILES string of the molecule is Cc1cc(CN)cc(S(=O)(=O)N(C)Cc2ccoc2)c1C. The third-order valence-corrected chi connectivity index (χ3v) is 5.52. The summed E-state index contributed by atoms with van der Waals surface area (Å²) in [7, 11) is -2.00. The Bertz CT molecular complexity index is 722. The van der Waals surface area contributed by atoms with Crippen LogP contribution in [0.4, 0.5) is 0 Å². The molecule has 0 radical (unpaired) electrons. The molecule has 0 fully saturated rings. The fourth-order valence-corrected chi connectivity index (χ4v) is 3.68. The number of benzene rings is 1. The van der Waals surface area contributed by atoms with Crippen LogP contribution in [0.2, 0.25) is 0 Å². The largest absolute Gasteiger partial charge is 0.472 e. The smallest absolute Gasteiger partial charge is 0.243 e. The molecule has 21 heavy (non-hydrogen) atoms. The summed E-state index contributed by atoms with van der Waals surface area (Å²) in [6, 6.07) is 5.33. The number of hydrogen-bond acceptors (Lipinski definition) is 4. The van der Waals surface area contributed by atoms with E-state index < -0.39 is 10.0 Å². The normalized spacial score (nSPS) is 12.0. The van der Waals surface area contributed by atoms with Crippen molar-refractivity contribution in [3.8, 4) is 0 Å². The highest BCUT2D eigenvalue weighted by atomic mass is 32.2. The molecule has 0 bridgehead atoms. The molecule has 2 N–H and O–H groups in total. The van der Waals surface area contributed by atoms with E-state index in [0.29, 0.717) is 11.4 Å². The summed E-state index contributed by atoms with van der Waals surface area (Å²) in [6.07, 6.45) is 3.07. The molecule has 1 aromatic heterocycles. The van der Waals surface area contributed by atoms with Gasteiger partial charge in [-0.3, -0.25) is 0 Å². The maximum absolute atomic E-state index is 12.8. The van der Waals surface area contributed by atoms with Crippen LogP contribution in [0.5, 0.6) is 0 Å². The lowest BCUT2D eigenvalue weighted by Gasteiger charge is -2.19. The summed E-state index contributed by atoms with van der Waals surface area (Å²) >= 11 is 0. The maximum atomic E-state index is 12.8. The molecule has 2 aromatic rings. The molecule has 0 aliphatic rings. The van der Waals surface area contributed by atoms with E-state index in [1.807, 2.05) is 19.9 Å². The van der Waals surface area contributed by atoms with E-state index >= 15 is 0 Å². The van der Waals surface area contributed by atoms with Gasteiger partial charge >= 0.3 is 0 Å². The molecule has 2 rings (SSSR count). The first kappa shape index (κ1) is 15.8. The third-order valence-electron chi connectivity index (χ3n) is 3.59. The lowest BCUT2D eigenvalue weighted by molar-refractivity contribution is 0.462. The van der Waals surface area contributed by atoms with Gasteiger partial charge in [-0.1, -0.05) is 6.07 Å². The van der Waals surface area contributed by atoms with Crippen molar-refractivity contribution >= 4 is 10.0 Å². The summed E-state index contributed by atoms with van der Waals surface area (Å²) in [5.74, 6) is 0. The fraction of sp³-hybridized carbons (Fsp3) is 0.333. The molecule has 0 atom stereocenters. The zero-order chi connectivity index (χ0) is 15.6. The summed E-state index contributed by atoms with van der Waals surface area (Å²) in [6.45, 7) is 4.29. The van der Waals surface area contributed by atoms with Gasteiger partial charge in [-0.25, -0.2) is 8.42 Å². The molecule has 1 heterocycles. The summed E-state index contributed by atoms with van der Waals surface area (Å²) in [5, 5.41) is 0. The van der Waals surface area contributed by atoms with Crippen LogP contribution in [0.1, 0.15) is 22.3 Å². The number of nitrogens with zero attached hydrogens (tertiary/aromatic N) is 1. The molecule has 0 aliphatic carbocycles. The topological polar surface area (TPSA) is 76.5 Å². The standard InChI is InChI=1S/C15H20N2O3S/c1-11-6-14(8-16)7-15(12(11)2)21(18,19)17(3)9-13-4-5-20-10-13/h4-7,10H,8-9,16H2,1-3H3. The quantitative estimate of drug-likeness (QED) is 0.918. The van der Waals surface area contributed by atoms with Crippen molar-refractivity contribution in [2.75, 3.05) is 7.05 Å². The van der Waals surface area contributed by atoms with Crippen LogP contribution in [0.15, 0.2) is 40.0 Å². The zero-order valence-corrected chi connectivity index (χ0v) is 13.3. The average Bonchev–Trinajstić information content (AvgIpc) is 2.94. The Morgan fingerprint density at radius 1 is 1.24 bits per heavy atom. The predicted octanol–water partition coefficient (Wildman–Crippen LogP) is 2.18. The number of furan rings is 1. The highest BCUT2D eigenvalue weighted by Crippen LogP contribution is 2.24. The minimum Gasteiger partial charge on any atom is -0.472 e. The molecule has 0 aliphatic heterocycles. The molecule has 6 heteroatoms. The van der Waals surface area contributed by atoms with Crippen molar-refractivity contribution in [3.63, 3.8) is 0 Å². The first-order valence-corrected chi connectivity index (χ1v) is 8.08. The van der Waals surface area contributed by atoms with Crippen LogP contribution in [-0.4, -0.2) is 19.8 Å². The second-order valence-electron chi connectivity index (χ2n) is 5.13. The molecular weight excluding hydrogens is 288 g/mol. The number of aryl methyl sites for hydroxylation is 1. The highest BCUT2D eigenvalue weighted by molar-refractivity contribution is 7.89. The van der Waals surface area contributed by atoms with Gasteiger partial charge in [-0.15, -0.1) is 0 Å². The summed E-state index contributed by atoms with van der Waals surface area (Å²) in [4.78, 5) is 0.314. The number of hydrogen-bond donors (Lipinski definition) is 1. The first-order chi connectivity index (χ1) is 9.86. The van der Waals surface area contributed by atoms with E-state index in [-0.39, 0.29) is 6.54 Å². The van der Waals surface area contributed by atoms with E-state index in [0.717, 1.165) is 22.3 Å². The van der Waals surface area contributed by atoms with Crippen molar-refractivity contribution in [2.45, 2.75) is 31.8 Å². The number of sulfonamides is 1. The van der Waals surface area contributed by atoms with Crippen LogP contribution < -0.4 is 5.73 Å². The van der Waals surface area contributed by atoms with E-state index in [1.165, 1.54) is 10.6 Å². The van der Waals surface area contributed by atoms with Crippen LogP contribution in [0.25, 0.3) is 0 Å². The van der Waals surface area contributed by atoms with Gasteiger partial charge in [0.05, 0.1) is 17.4 Å². The van der Waals surface area contributed by atoms with Gasteiger partial charge in [0.1, 0.15) is 0 Å². The maximum Gasteiger partial charge on any atom is 0.243 e. The third kappa shape index (κ3) is 3.18. The summed E-state index contributed by atoms with van der Waals surface area (Å²) < 4.78 is 31.8. The average molecular weight is 308 g/mol. The van der Waals surface area contributed by atoms with Gasteiger partial charge in [-0.05, 0) is 42.7 Å². The Morgan fingerprint density at radius 3 is 2.52 bits per heavy atom. The molecular formula is C15H20N2O3S. The zero-order valence-electron chi connectivity index (χ0n) is 12.5. The van der Waals surface area contributed by atoms with Crippen molar-refractivity contribution in [1.82, 2.24) is 4.31 Å². The molecule has 0 saturated carbocycles. The van der Waals surface area contributed by atoms with Crippen molar-refractivity contribution in [1.29, 1.82) is 0 Å². The molecule has 1 aromatic carbocycles. The first-order valence-electron chi connectivity index (χ1n) is 6.64. The minimum absolute atomic E-state index is 0.268. The van der Waals surface area contributed by atoms with Gasteiger partial charge in [-0.2, -0.15) is 4.31 Å². The minimum atomic E-state index is -3.56. The van der Waals surface area contributed by atoms with Gasteiger partial charge in [0.2, 0.25) is 10.0 Å². The van der Waals surface area contributed by atoms with Gasteiger partial charge in [0.15, 0.2) is 0 Å². The molecule has 0 saturated heterocycles. The number of rotatable bonds is 5. The van der Waals surface area contributed by atoms with Gasteiger partial charge in [0.25, 0.3) is 0 Å². The second-order valence-corrected chi connectivity index (χ2v) is 7.15. The van der Waals surface area contributed by atoms with Crippen LogP contribution in [0.3, 0.4) is 0 Å². The molecule has 5 nitrogen and oxygen atoms in total. The van der Waals surface area contributed by atoms with Crippen LogP contribution >= 0.6 is 0 Å². The Kier molecular flexibility index (Phi) is 4.51. The fourth-order valence-electron chi connectivity index (χ4n) is 2.18. The predicted molar refractivity (Wildman–Crippen MR) is 81.2 cm³/mol. The van der Waals surface area contributed by atoms with Crippen molar-refractivity contribution < 1.29 is 12.8 Å².